The predicted octanol–water partition coefficient (Wildman–Crippen LogP) is 2.94. The first-order chi connectivity index (χ1) is 10.7. The maximum atomic E-state index is 12.0. The van der Waals surface area contributed by atoms with Crippen molar-refractivity contribution in [2.45, 2.75) is 6.92 Å². The molecule has 0 saturated heterocycles. The number of esters is 1. The van der Waals surface area contributed by atoms with Crippen molar-refractivity contribution < 1.29 is 14.3 Å². The van der Waals surface area contributed by atoms with Crippen molar-refractivity contribution in [3.63, 3.8) is 0 Å². The zero-order chi connectivity index (χ0) is 15.5. The lowest BCUT2D eigenvalue weighted by Crippen LogP contribution is -2.08. The number of methoxy groups -OCH3 is 1. The first-order valence-electron chi connectivity index (χ1n) is 6.65. The average molecular weight is 315 g/mol. The van der Waals surface area contributed by atoms with Gasteiger partial charge in [-0.25, -0.2) is 9.78 Å². The molecule has 112 valence electrons. The highest BCUT2D eigenvalue weighted by molar-refractivity contribution is 7.12. The van der Waals surface area contributed by atoms with E-state index >= 15 is 0 Å². The van der Waals surface area contributed by atoms with Gasteiger partial charge in [-0.2, -0.15) is 0 Å². The Bertz CT molecular complexity index is 818. The first kappa shape index (κ1) is 14.4. The fourth-order valence-corrected chi connectivity index (χ4v) is 2.64. The number of aromatic nitrogens is 3. The Labute approximate surface area is 130 Å². The van der Waals surface area contributed by atoms with Gasteiger partial charge in [-0.3, -0.25) is 0 Å². The van der Waals surface area contributed by atoms with Gasteiger partial charge in [-0.1, -0.05) is 23.5 Å². The summed E-state index contributed by atoms with van der Waals surface area (Å²) in [5.41, 5.74) is 3.64. The molecule has 0 amide bonds. The van der Waals surface area contributed by atoms with Crippen LogP contribution in [0.1, 0.15) is 17.3 Å². The Morgan fingerprint density at radius 2 is 2.18 bits per heavy atom. The summed E-state index contributed by atoms with van der Waals surface area (Å²) in [6.07, 6.45) is 0. The van der Waals surface area contributed by atoms with Gasteiger partial charge in [-0.15, -0.1) is 10.2 Å². The number of carbonyl (C=O) groups excluding carboxylic acids is 1. The zero-order valence-electron chi connectivity index (χ0n) is 12.1. The summed E-state index contributed by atoms with van der Waals surface area (Å²) in [7, 11) is 1.48. The predicted molar refractivity (Wildman–Crippen MR) is 83.2 cm³/mol. The van der Waals surface area contributed by atoms with Crippen molar-refractivity contribution in [2.75, 3.05) is 13.7 Å². The van der Waals surface area contributed by atoms with E-state index in [-0.39, 0.29) is 5.88 Å². The molecule has 2 aromatic heterocycles. The molecule has 0 atom stereocenters. The van der Waals surface area contributed by atoms with E-state index in [1.807, 2.05) is 18.2 Å². The van der Waals surface area contributed by atoms with E-state index in [1.54, 1.807) is 18.5 Å². The van der Waals surface area contributed by atoms with E-state index in [0.29, 0.717) is 12.2 Å². The van der Waals surface area contributed by atoms with Crippen LogP contribution in [0.25, 0.3) is 21.5 Å². The third kappa shape index (κ3) is 2.62. The SMILES string of the molecule is CCOC(=O)c1cc2ccc(-c3nncs3)cc2nc1OC. The van der Waals surface area contributed by atoms with Crippen LogP contribution < -0.4 is 4.74 Å². The minimum Gasteiger partial charge on any atom is -0.480 e. The Balaban J connectivity index is 2.11. The number of pyridine rings is 1. The second-order valence-electron chi connectivity index (χ2n) is 4.42. The van der Waals surface area contributed by atoms with Gasteiger partial charge in [-0.05, 0) is 19.1 Å². The number of hydrogen-bond donors (Lipinski definition) is 0. The molecule has 0 aliphatic heterocycles. The Kier molecular flexibility index (Phi) is 3.97. The molecule has 3 rings (SSSR count). The maximum absolute atomic E-state index is 12.0. The molecule has 6 nitrogen and oxygen atoms in total. The highest BCUT2D eigenvalue weighted by Crippen LogP contribution is 2.28. The van der Waals surface area contributed by atoms with Gasteiger partial charge < -0.3 is 9.47 Å². The van der Waals surface area contributed by atoms with Crippen molar-refractivity contribution in [3.05, 3.63) is 35.3 Å². The van der Waals surface area contributed by atoms with E-state index < -0.39 is 5.97 Å². The van der Waals surface area contributed by atoms with Gasteiger partial charge in [0.2, 0.25) is 5.88 Å². The van der Waals surface area contributed by atoms with Crippen LogP contribution in [0.15, 0.2) is 29.8 Å². The molecule has 0 aliphatic carbocycles. The van der Waals surface area contributed by atoms with E-state index in [1.165, 1.54) is 18.4 Å². The third-order valence-electron chi connectivity index (χ3n) is 3.08. The smallest absolute Gasteiger partial charge is 0.343 e. The average Bonchev–Trinajstić information content (AvgIpc) is 3.07. The van der Waals surface area contributed by atoms with Gasteiger partial charge in [0.15, 0.2) is 0 Å². The van der Waals surface area contributed by atoms with Gasteiger partial charge in [0.1, 0.15) is 16.1 Å². The molecule has 0 spiro atoms. The number of carbonyl (C=O) groups is 1. The molecular formula is C15H13N3O3S. The molecule has 0 N–H and O–H groups in total. The van der Waals surface area contributed by atoms with E-state index in [2.05, 4.69) is 15.2 Å². The van der Waals surface area contributed by atoms with Crippen molar-refractivity contribution in [2.24, 2.45) is 0 Å². The summed E-state index contributed by atoms with van der Waals surface area (Å²) in [6.45, 7) is 2.06. The monoisotopic (exact) mass is 315 g/mol. The van der Waals surface area contributed by atoms with Crippen molar-refractivity contribution in [3.8, 4) is 16.5 Å². The molecule has 0 saturated carbocycles. The standard InChI is InChI=1S/C15H13N3O3S/c1-3-21-15(19)11-6-9-4-5-10(14-18-16-8-22-14)7-12(9)17-13(11)20-2/h4-8H,3H2,1-2H3. The van der Waals surface area contributed by atoms with Crippen LogP contribution in [-0.4, -0.2) is 34.9 Å². The van der Waals surface area contributed by atoms with Gasteiger partial charge in [0, 0.05) is 10.9 Å². The number of nitrogens with zero attached hydrogens (tertiary/aromatic N) is 3. The number of benzene rings is 1. The lowest BCUT2D eigenvalue weighted by Gasteiger charge is -2.09. The molecular weight excluding hydrogens is 302 g/mol. The fourth-order valence-electron chi connectivity index (χ4n) is 2.09. The molecule has 22 heavy (non-hydrogen) atoms. The van der Waals surface area contributed by atoms with Crippen molar-refractivity contribution in [1.29, 1.82) is 0 Å². The minimum atomic E-state index is -0.443. The number of rotatable bonds is 4. The summed E-state index contributed by atoms with van der Waals surface area (Å²) in [6, 6.07) is 7.43. The first-order valence-corrected chi connectivity index (χ1v) is 7.53. The Morgan fingerprint density at radius 3 is 2.86 bits per heavy atom. The quantitative estimate of drug-likeness (QED) is 0.689. The molecule has 3 aromatic rings. The third-order valence-corrected chi connectivity index (χ3v) is 3.82. The Hall–Kier alpha value is -2.54. The Morgan fingerprint density at radius 1 is 1.32 bits per heavy atom. The van der Waals surface area contributed by atoms with Gasteiger partial charge in [0.25, 0.3) is 0 Å². The number of hydrogen-bond acceptors (Lipinski definition) is 7. The summed E-state index contributed by atoms with van der Waals surface area (Å²) < 4.78 is 10.2. The van der Waals surface area contributed by atoms with E-state index in [0.717, 1.165) is 21.5 Å². The molecule has 0 aliphatic rings. The molecule has 0 fully saturated rings. The maximum Gasteiger partial charge on any atom is 0.343 e. The summed E-state index contributed by atoms with van der Waals surface area (Å²) in [5.74, 6) is -0.192. The van der Waals surface area contributed by atoms with Crippen LogP contribution in [0.2, 0.25) is 0 Å². The minimum absolute atomic E-state index is 0.250. The second-order valence-corrected chi connectivity index (χ2v) is 5.25. The van der Waals surface area contributed by atoms with Crippen LogP contribution in [0.3, 0.4) is 0 Å². The lowest BCUT2D eigenvalue weighted by molar-refractivity contribution is 0.0522. The van der Waals surface area contributed by atoms with E-state index in [9.17, 15) is 4.79 Å². The van der Waals surface area contributed by atoms with Crippen molar-refractivity contribution in [1.82, 2.24) is 15.2 Å². The van der Waals surface area contributed by atoms with Crippen LogP contribution in [-0.2, 0) is 4.74 Å². The van der Waals surface area contributed by atoms with Crippen molar-refractivity contribution >= 4 is 28.2 Å². The van der Waals surface area contributed by atoms with Crippen LogP contribution in [0, 0.1) is 0 Å². The lowest BCUT2D eigenvalue weighted by atomic mass is 10.1. The summed E-state index contributed by atoms with van der Waals surface area (Å²) >= 11 is 1.45. The largest absolute Gasteiger partial charge is 0.480 e. The van der Waals surface area contributed by atoms with Crippen LogP contribution in [0.4, 0.5) is 0 Å². The fraction of sp³-hybridized carbons (Fsp3) is 0.200. The zero-order valence-corrected chi connectivity index (χ0v) is 12.9. The summed E-state index contributed by atoms with van der Waals surface area (Å²) in [5, 5.41) is 9.52. The molecule has 7 heteroatoms. The molecule has 2 heterocycles. The van der Waals surface area contributed by atoms with Gasteiger partial charge >= 0.3 is 5.97 Å². The summed E-state index contributed by atoms with van der Waals surface area (Å²) in [4.78, 5) is 16.4. The molecule has 0 unspecified atom stereocenters. The highest BCUT2D eigenvalue weighted by Gasteiger charge is 2.16. The molecule has 1 aromatic carbocycles. The van der Waals surface area contributed by atoms with Crippen LogP contribution >= 0.6 is 11.3 Å². The number of ether oxygens (including phenoxy) is 2. The van der Waals surface area contributed by atoms with Crippen LogP contribution in [0.5, 0.6) is 5.88 Å². The van der Waals surface area contributed by atoms with Gasteiger partial charge in [0.05, 0.1) is 19.2 Å². The molecule has 0 bridgehead atoms. The molecule has 0 radical (unpaired) electrons. The number of fused-ring (bicyclic) bond motifs is 1. The van der Waals surface area contributed by atoms with E-state index in [4.69, 9.17) is 9.47 Å². The topological polar surface area (TPSA) is 74.2 Å². The second kappa shape index (κ2) is 6.07. The normalized spacial score (nSPS) is 10.6. The highest BCUT2D eigenvalue weighted by atomic mass is 32.1.